The van der Waals surface area contributed by atoms with Crippen LogP contribution in [-0.4, -0.2) is 21.5 Å². The van der Waals surface area contributed by atoms with E-state index in [0.29, 0.717) is 5.92 Å². The molecule has 1 aliphatic rings. The first-order valence-electron chi connectivity index (χ1n) is 6.67. The lowest BCUT2D eigenvalue weighted by atomic mass is 10.4. The van der Waals surface area contributed by atoms with E-state index in [-0.39, 0.29) is 0 Å². The van der Waals surface area contributed by atoms with Gasteiger partial charge in [-0.1, -0.05) is 0 Å². The predicted octanol–water partition coefficient (Wildman–Crippen LogP) is 4.09. The molecule has 2 aromatic rings. The topological polar surface area (TPSA) is 50.7 Å². The summed E-state index contributed by atoms with van der Waals surface area (Å²) < 4.78 is 0.988. The largest absolute Gasteiger partial charge is 0.370 e. The summed E-state index contributed by atoms with van der Waals surface area (Å²) in [6, 6.07) is 5.89. The van der Waals surface area contributed by atoms with Crippen LogP contribution in [0, 0.1) is 0 Å². The molecule has 1 fully saturated rings. The molecule has 0 aromatic carbocycles. The first-order chi connectivity index (χ1) is 9.76. The molecular formula is C14H15BrN4S. The van der Waals surface area contributed by atoms with Gasteiger partial charge in [-0.2, -0.15) is 0 Å². The fourth-order valence-electron chi connectivity index (χ4n) is 1.84. The molecule has 4 nitrogen and oxygen atoms in total. The standard InChI is InChI=1S/C14H15BrN4S/c1-2-16-11-8-12(19-13(18-11)9-5-6-9)20-14-10(15)4-3-7-17-14/h3-4,7-9H,2,5-6H2,1H3,(H,16,18,19). The molecule has 1 saturated carbocycles. The summed E-state index contributed by atoms with van der Waals surface area (Å²) >= 11 is 5.08. The van der Waals surface area contributed by atoms with Crippen molar-refractivity contribution in [3.63, 3.8) is 0 Å². The van der Waals surface area contributed by atoms with Crippen molar-refractivity contribution in [3.8, 4) is 0 Å². The molecule has 0 saturated heterocycles. The number of nitrogens with zero attached hydrogens (tertiary/aromatic N) is 3. The van der Waals surface area contributed by atoms with Gasteiger partial charge in [0.2, 0.25) is 0 Å². The van der Waals surface area contributed by atoms with Gasteiger partial charge in [-0.25, -0.2) is 15.0 Å². The van der Waals surface area contributed by atoms with Gasteiger partial charge in [0.1, 0.15) is 21.7 Å². The van der Waals surface area contributed by atoms with Crippen LogP contribution < -0.4 is 5.32 Å². The van der Waals surface area contributed by atoms with Crippen LogP contribution in [0.5, 0.6) is 0 Å². The smallest absolute Gasteiger partial charge is 0.135 e. The van der Waals surface area contributed by atoms with E-state index < -0.39 is 0 Å². The van der Waals surface area contributed by atoms with Crippen molar-refractivity contribution >= 4 is 33.5 Å². The van der Waals surface area contributed by atoms with Crippen molar-refractivity contribution in [2.75, 3.05) is 11.9 Å². The number of aromatic nitrogens is 3. The Morgan fingerprint density at radius 2 is 2.25 bits per heavy atom. The van der Waals surface area contributed by atoms with Crippen molar-refractivity contribution < 1.29 is 0 Å². The predicted molar refractivity (Wildman–Crippen MR) is 84.2 cm³/mol. The Morgan fingerprint density at radius 3 is 2.95 bits per heavy atom. The third-order valence-corrected chi connectivity index (χ3v) is 4.79. The summed E-state index contributed by atoms with van der Waals surface area (Å²) in [6.07, 6.45) is 4.20. The lowest BCUT2D eigenvalue weighted by molar-refractivity contribution is 0.875. The zero-order valence-electron chi connectivity index (χ0n) is 11.1. The monoisotopic (exact) mass is 350 g/mol. The van der Waals surface area contributed by atoms with Gasteiger partial charge in [0.15, 0.2) is 0 Å². The number of nitrogens with one attached hydrogen (secondary N) is 1. The van der Waals surface area contributed by atoms with Crippen LogP contribution in [0.25, 0.3) is 0 Å². The Labute approximate surface area is 131 Å². The first kappa shape index (κ1) is 13.8. The highest BCUT2D eigenvalue weighted by atomic mass is 79.9. The number of hydrogen-bond acceptors (Lipinski definition) is 5. The van der Waals surface area contributed by atoms with Gasteiger partial charge in [0.25, 0.3) is 0 Å². The van der Waals surface area contributed by atoms with Crippen LogP contribution in [0.1, 0.15) is 31.5 Å². The second kappa shape index (κ2) is 6.10. The van der Waals surface area contributed by atoms with E-state index in [4.69, 9.17) is 0 Å². The van der Waals surface area contributed by atoms with Gasteiger partial charge in [0.05, 0.1) is 4.47 Å². The summed E-state index contributed by atoms with van der Waals surface area (Å²) in [5, 5.41) is 5.14. The number of pyridine rings is 1. The van der Waals surface area contributed by atoms with Crippen molar-refractivity contribution in [2.45, 2.75) is 35.7 Å². The minimum Gasteiger partial charge on any atom is -0.370 e. The van der Waals surface area contributed by atoms with Crippen LogP contribution in [0.2, 0.25) is 0 Å². The van der Waals surface area contributed by atoms with Gasteiger partial charge < -0.3 is 5.32 Å². The molecule has 3 rings (SSSR count). The number of rotatable bonds is 5. The number of halogens is 1. The average molecular weight is 351 g/mol. The summed E-state index contributed by atoms with van der Waals surface area (Å²) in [4.78, 5) is 13.6. The van der Waals surface area contributed by atoms with Crippen LogP contribution in [0.15, 0.2) is 38.9 Å². The normalized spacial score (nSPS) is 14.3. The molecule has 0 bridgehead atoms. The second-order valence-corrected chi connectivity index (χ2v) is 6.51. The molecule has 1 N–H and O–H groups in total. The molecule has 0 radical (unpaired) electrons. The minimum absolute atomic E-state index is 0.542. The Balaban J connectivity index is 1.89. The number of anilines is 1. The van der Waals surface area contributed by atoms with Gasteiger partial charge in [-0.3, -0.25) is 0 Å². The van der Waals surface area contributed by atoms with Crippen LogP contribution in [0.4, 0.5) is 5.82 Å². The first-order valence-corrected chi connectivity index (χ1v) is 8.28. The van der Waals surface area contributed by atoms with E-state index in [9.17, 15) is 0 Å². The molecule has 2 heterocycles. The third-order valence-electron chi connectivity index (χ3n) is 2.95. The Kier molecular flexibility index (Phi) is 4.21. The summed E-state index contributed by atoms with van der Waals surface area (Å²) in [5.41, 5.74) is 0. The van der Waals surface area contributed by atoms with Crippen LogP contribution >= 0.6 is 27.7 Å². The van der Waals surface area contributed by atoms with E-state index >= 15 is 0 Å². The number of hydrogen-bond donors (Lipinski definition) is 1. The third kappa shape index (κ3) is 3.30. The molecule has 0 unspecified atom stereocenters. The van der Waals surface area contributed by atoms with Crippen molar-refractivity contribution in [2.24, 2.45) is 0 Å². The lowest BCUT2D eigenvalue weighted by Gasteiger charge is -2.08. The fourth-order valence-corrected chi connectivity index (χ4v) is 3.12. The van der Waals surface area contributed by atoms with Crippen molar-refractivity contribution in [1.29, 1.82) is 0 Å². The fraction of sp³-hybridized carbons (Fsp3) is 0.357. The molecule has 2 aromatic heterocycles. The van der Waals surface area contributed by atoms with Crippen LogP contribution in [-0.2, 0) is 0 Å². The maximum Gasteiger partial charge on any atom is 0.135 e. The minimum atomic E-state index is 0.542. The highest BCUT2D eigenvalue weighted by Gasteiger charge is 2.27. The average Bonchev–Trinajstić information content (AvgIpc) is 3.26. The second-order valence-electron chi connectivity index (χ2n) is 4.65. The van der Waals surface area contributed by atoms with E-state index in [1.54, 1.807) is 18.0 Å². The van der Waals surface area contributed by atoms with Crippen molar-refractivity contribution in [3.05, 3.63) is 34.7 Å². The highest BCUT2D eigenvalue weighted by molar-refractivity contribution is 9.10. The Hall–Kier alpha value is -1.14. The molecular weight excluding hydrogens is 336 g/mol. The van der Waals surface area contributed by atoms with E-state index in [1.165, 1.54) is 12.8 Å². The quantitative estimate of drug-likeness (QED) is 0.822. The summed E-state index contributed by atoms with van der Waals surface area (Å²) in [6.45, 7) is 2.93. The van der Waals surface area contributed by atoms with E-state index in [1.807, 2.05) is 18.2 Å². The van der Waals surface area contributed by atoms with Gasteiger partial charge >= 0.3 is 0 Å². The maximum atomic E-state index is 4.67. The molecule has 20 heavy (non-hydrogen) atoms. The van der Waals surface area contributed by atoms with Gasteiger partial charge in [-0.15, -0.1) is 0 Å². The molecule has 0 atom stereocenters. The molecule has 6 heteroatoms. The van der Waals surface area contributed by atoms with Crippen molar-refractivity contribution in [1.82, 2.24) is 15.0 Å². The highest BCUT2D eigenvalue weighted by Crippen LogP contribution is 2.40. The van der Waals surface area contributed by atoms with E-state index in [0.717, 1.165) is 32.7 Å². The van der Waals surface area contributed by atoms with E-state index in [2.05, 4.69) is 43.1 Å². The summed E-state index contributed by atoms with van der Waals surface area (Å²) in [5.74, 6) is 2.40. The molecule has 0 spiro atoms. The molecule has 1 aliphatic carbocycles. The molecule has 104 valence electrons. The zero-order valence-corrected chi connectivity index (χ0v) is 13.5. The lowest BCUT2D eigenvalue weighted by Crippen LogP contribution is -2.03. The SMILES string of the molecule is CCNc1cc(Sc2ncccc2Br)nc(C2CC2)n1. The Bertz CT molecular complexity index is 616. The van der Waals surface area contributed by atoms with Crippen LogP contribution in [0.3, 0.4) is 0 Å². The van der Waals surface area contributed by atoms with Gasteiger partial charge in [0, 0.05) is 24.7 Å². The zero-order chi connectivity index (χ0) is 13.9. The summed E-state index contributed by atoms with van der Waals surface area (Å²) in [7, 11) is 0. The maximum absolute atomic E-state index is 4.67. The van der Waals surface area contributed by atoms with Gasteiger partial charge in [-0.05, 0) is 59.6 Å². The Morgan fingerprint density at radius 1 is 1.40 bits per heavy atom. The molecule has 0 aliphatic heterocycles. The molecule has 0 amide bonds.